The Morgan fingerprint density at radius 1 is 0.842 bits per heavy atom. The molecule has 214 valence electrons. The van der Waals surface area contributed by atoms with Crippen molar-refractivity contribution in [1.29, 1.82) is 0 Å². The van der Waals surface area contributed by atoms with Crippen LogP contribution in [-0.4, -0.2) is 76.2 Å². The standard InChI is InChI=1S/C25H39N3O10/c1-6-7-8-9-10-11-12-28-13-20(26-27-28)14-34-25-24(37-19(5)32)23(36-18(4)31)22(35-17(3)30)21(38-25)15-33-16(2)29/h13,21-25H,6-12,14-15H2,1-5H3/t21-,22-,23+,24-,25+/m1/s1. The van der Waals surface area contributed by atoms with Crippen molar-refractivity contribution in [2.45, 2.75) is 117 Å². The van der Waals surface area contributed by atoms with E-state index in [1.807, 2.05) is 0 Å². The third-order valence-electron chi connectivity index (χ3n) is 5.67. The fourth-order valence-corrected chi connectivity index (χ4v) is 4.06. The highest BCUT2D eigenvalue weighted by atomic mass is 16.7. The monoisotopic (exact) mass is 541 g/mol. The van der Waals surface area contributed by atoms with Crippen molar-refractivity contribution in [1.82, 2.24) is 15.0 Å². The first-order chi connectivity index (χ1) is 18.1. The summed E-state index contributed by atoms with van der Waals surface area (Å²) in [5, 5.41) is 8.24. The molecule has 13 nitrogen and oxygen atoms in total. The van der Waals surface area contributed by atoms with E-state index < -0.39 is 54.6 Å². The van der Waals surface area contributed by atoms with E-state index in [1.165, 1.54) is 39.5 Å². The van der Waals surface area contributed by atoms with Crippen molar-refractivity contribution in [3.05, 3.63) is 11.9 Å². The lowest BCUT2D eigenvalue weighted by Gasteiger charge is -2.43. The molecule has 2 rings (SSSR count). The first-order valence-electron chi connectivity index (χ1n) is 12.9. The second-order valence-corrected chi connectivity index (χ2v) is 9.12. The van der Waals surface area contributed by atoms with Gasteiger partial charge in [-0.2, -0.15) is 0 Å². The Morgan fingerprint density at radius 3 is 2.08 bits per heavy atom. The Morgan fingerprint density at radius 2 is 1.45 bits per heavy atom. The number of hydrogen-bond donors (Lipinski definition) is 0. The summed E-state index contributed by atoms with van der Waals surface area (Å²) in [6.45, 7) is 7.20. The number of nitrogens with zero attached hydrogens (tertiary/aromatic N) is 3. The molecule has 13 heteroatoms. The number of carbonyl (C=O) groups is 4. The number of carbonyl (C=O) groups excluding carboxylic acids is 4. The molecule has 0 bridgehead atoms. The van der Waals surface area contributed by atoms with E-state index in [1.54, 1.807) is 10.9 Å². The average molecular weight is 542 g/mol. The van der Waals surface area contributed by atoms with Crippen molar-refractivity contribution >= 4 is 23.9 Å². The highest BCUT2D eigenvalue weighted by Crippen LogP contribution is 2.30. The zero-order valence-electron chi connectivity index (χ0n) is 22.8. The smallest absolute Gasteiger partial charge is 0.303 e. The number of ether oxygens (including phenoxy) is 6. The first kappa shape index (κ1) is 31.2. The molecule has 0 saturated carbocycles. The zero-order valence-corrected chi connectivity index (χ0v) is 22.8. The lowest BCUT2D eigenvalue weighted by molar-refractivity contribution is -0.310. The molecule has 2 heterocycles. The minimum absolute atomic E-state index is 0.0652. The van der Waals surface area contributed by atoms with E-state index in [0.717, 1.165) is 33.2 Å². The molecule has 1 aliphatic rings. The predicted molar refractivity (Wildman–Crippen MR) is 130 cm³/mol. The minimum Gasteiger partial charge on any atom is -0.463 e. The minimum atomic E-state index is -1.29. The van der Waals surface area contributed by atoms with Crippen molar-refractivity contribution in [2.24, 2.45) is 0 Å². The van der Waals surface area contributed by atoms with Crippen LogP contribution in [0.25, 0.3) is 0 Å². The van der Waals surface area contributed by atoms with Crippen LogP contribution in [0.4, 0.5) is 0 Å². The summed E-state index contributed by atoms with van der Waals surface area (Å²) >= 11 is 0. The molecule has 1 aromatic rings. The molecule has 0 radical (unpaired) electrons. The van der Waals surface area contributed by atoms with Crippen LogP contribution in [-0.2, 0) is 60.8 Å². The molecule has 1 saturated heterocycles. The van der Waals surface area contributed by atoms with Crippen molar-refractivity contribution in [3.8, 4) is 0 Å². The number of hydrogen-bond acceptors (Lipinski definition) is 12. The van der Waals surface area contributed by atoms with Crippen LogP contribution in [0.5, 0.6) is 0 Å². The Hall–Kier alpha value is -3.06. The molecular weight excluding hydrogens is 502 g/mol. The summed E-state index contributed by atoms with van der Waals surface area (Å²) in [5.41, 5.74) is 0.504. The normalized spacial score (nSPS) is 22.9. The van der Waals surface area contributed by atoms with Gasteiger partial charge in [0.15, 0.2) is 24.6 Å². The highest BCUT2D eigenvalue weighted by molar-refractivity contribution is 5.68. The predicted octanol–water partition coefficient (Wildman–Crippen LogP) is 2.24. The molecule has 0 amide bonds. The van der Waals surface area contributed by atoms with Crippen LogP contribution in [0.2, 0.25) is 0 Å². The Kier molecular flexibility index (Phi) is 13.1. The topological polar surface area (TPSA) is 154 Å². The highest BCUT2D eigenvalue weighted by Gasteiger charge is 2.52. The number of rotatable bonds is 15. The van der Waals surface area contributed by atoms with Crippen molar-refractivity contribution in [2.75, 3.05) is 6.61 Å². The second kappa shape index (κ2) is 16.0. The maximum atomic E-state index is 11.9. The third kappa shape index (κ3) is 10.7. The SMILES string of the molecule is CCCCCCCCn1cc(CO[C@H]2O[C@H](COC(C)=O)[C@@H](OC(C)=O)[C@H](OC(C)=O)[C@H]2OC(C)=O)nn1. The summed E-state index contributed by atoms with van der Waals surface area (Å²) in [4.78, 5) is 47.0. The van der Waals surface area contributed by atoms with Gasteiger partial charge in [-0.15, -0.1) is 5.10 Å². The summed E-state index contributed by atoms with van der Waals surface area (Å²) in [5.74, 6) is -2.71. The van der Waals surface area contributed by atoms with Gasteiger partial charge in [0.1, 0.15) is 18.4 Å². The zero-order chi connectivity index (χ0) is 28.1. The van der Waals surface area contributed by atoms with Crippen LogP contribution in [0.15, 0.2) is 6.20 Å². The summed E-state index contributed by atoms with van der Waals surface area (Å²) < 4.78 is 34.7. The number of unbranched alkanes of at least 4 members (excludes halogenated alkanes) is 5. The fourth-order valence-electron chi connectivity index (χ4n) is 4.06. The molecule has 5 atom stereocenters. The van der Waals surface area contributed by atoms with E-state index in [-0.39, 0.29) is 13.2 Å². The Labute approximate surface area is 222 Å². The van der Waals surface area contributed by atoms with Crippen molar-refractivity contribution < 1.29 is 47.6 Å². The van der Waals surface area contributed by atoms with Gasteiger partial charge in [0.2, 0.25) is 0 Å². The number of aromatic nitrogens is 3. The summed E-state index contributed by atoms with van der Waals surface area (Å²) in [6, 6.07) is 0. The Balaban J connectivity index is 2.14. The average Bonchev–Trinajstić information content (AvgIpc) is 3.28. The van der Waals surface area contributed by atoms with E-state index in [2.05, 4.69) is 17.2 Å². The fraction of sp³-hybridized carbons (Fsp3) is 0.760. The van der Waals surface area contributed by atoms with Gasteiger partial charge in [-0.1, -0.05) is 44.2 Å². The molecule has 1 aliphatic heterocycles. The number of aryl methyl sites for hydroxylation is 1. The molecule has 1 aromatic heterocycles. The molecular formula is C25H39N3O10. The maximum Gasteiger partial charge on any atom is 0.303 e. The van der Waals surface area contributed by atoms with Crippen LogP contribution < -0.4 is 0 Å². The molecule has 1 fully saturated rings. The van der Waals surface area contributed by atoms with E-state index in [0.29, 0.717) is 5.69 Å². The van der Waals surface area contributed by atoms with Crippen LogP contribution in [0.3, 0.4) is 0 Å². The third-order valence-corrected chi connectivity index (χ3v) is 5.67. The van der Waals surface area contributed by atoms with E-state index >= 15 is 0 Å². The number of esters is 4. The molecule has 0 N–H and O–H groups in total. The first-order valence-corrected chi connectivity index (χ1v) is 12.9. The van der Waals surface area contributed by atoms with Gasteiger partial charge in [0.25, 0.3) is 0 Å². The molecule has 38 heavy (non-hydrogen) atoms. The van der Waals surface area contributed by atoms with Crippen LogP contribution in [0, 0.1) is 0 Å². The molecule has 0 spiro atoms. The van der Waals surface area contributed by atoms with Gasteiger partial charge < -0.3 is 28.4 Å². The van der Waals surface area contributed by atoms with Gasteiger partial charge in [-0.3, -0.25) is 23.9 Å². The molecule has 0 unspecified atom stereocenters. The van der Waals surface area contributed by atoms with Gasteiger partial charge >= 0.3 is 23.9 Å². The van der Waals surface area contributed by atoms with Gasteiger partial charge in [-0.25, -0.2) is 0 Å². The second-order valence-electron chi connectivity index (χ2n) is 9.12. The molecule has 0 aromatic carbocycles. The van der Waals surface area contributed by atoms with E-state index in [4.69, 9.17) is 28.4 Å². The molecule has 0 aliphatic carbocycles. The Bertz CT molecular complexity index is 921. The summed E-state index contributed by atoms with van der Waals surface area (Å²) in [7, 11) is 0. The lowest BCUT2D eigenvalue weighted by atomic mass is 9.98. The van der Waals surface area contributed by atoms with Crippen LogP contribution in [0.1, 0.15) is 78.8 Å². The van der Waals surface area contributed by atoms with Crippen LogP contribution >= 0.6 is 0 Å². The summed E-state index contributed by atoms with van der Waals surface area (Å²) in [6.07, 6.45) is 2.53. The largest absolute Gasteiger partial charge is 0.463 e. The van der Waals surface area contributed by atoms with Crippen molar-refractivity contribution in [3.63, 3.8) is 0 Å². The van der Waals surface area contributed by atoms with Gasteiger partial charge in [0, 0.05) is 34.2 Å². The quantitative estimate of drug-likeness (QED) is 0.182. The maximum absolute atomic E-state index is 11.9. The van der Waals surface area contributed by atoms with E-state index in [9.17, 15) is 19.2 Å². The lowest BCUT2D eigenvalue weighted by Crippen LogP contribution is -2.62. The van der Waals surface area contributed by atoms with Gasteiger partial charge in [0.05, 0.1) is 12.8 Å². The van der Waals surface area contributed by atoms with Gasteiger partial charge in [-0.05, 0) is 6.42 Å².